The lowest BCUT2D eigenvalue weighted by atomic mass is 9.95. The molecule has 5 nitrogen and oxygen atoms in total. The van der Waals surface area contributed by atoms with Crippen molar-refractivity contribution in [3.05, 3.63) is 53.6 Å². The zero-order valence-electron chi connectivity index (χ0n) is 17.7. The first kappa shape index (κ1) is 19.9. The van der Waals surface area contributed by atoms with Gasteiger partial charge in [-0.3, -0.25) is 4.79 Å². The number of para-hydroxylation sites is 1. The summed E-state index contributed by atoms with van der Waals surface area (Å²) in [6.45, 7) is 12.3. The Bertz CT molecular complexity index is 1020. The maximum atomic E-state index is 13.1. The SMILES string of the molecule is Cc1cccc2c(C(=O)N(C)C(C)C)cc(-c3cnc(C(C)(C)C)nc3)nc12. The van der Waals surface area contributed by atoms with Crippen molar-refractivity contribution in [2.75, 3.05) is 7.05 Å². The number of carbonyl (C=O) groups is 1. The summed E-state index contributed by atoms with van der Waals surface area (Å²) in [5.74, 6) is 0.769. The fourth-order valence-electron chi connectivity index (χ4n) is 2.99. The van der Waals surface area contributed by atoms with Gasteiger partial charge in [0.25, 0.3) is 5.91 Å². The van der Waals surface area contributed by atoms with Crippen LogP contribution in [0.3, 0.4) is 0 Å². The lowest BCUT2D eigenvalue weighted by Crippen LogP contribution is -2.33. The van der Waals surface area contributed by atoms with Crippen LogP contribution in [0.1, 0.15) is 56.4 Å². The largest absolute Gasteiger partial charge is 0.339 e. The van der Waals surface area contributed by atoms with E-state index in [2.05, 4.69) is 30.7 Å². The van der Waals surface area contributed by atoms with E-state index in [1.54, 1.807) is 17.3 Å². The number of benzene rings is 1. The van der Waals surface area contributed by atoms with Crippen LogP contribution in [0.5, 0.6) is 0 Å². The van der Waals surface area contributed by atoms with E-state index in [1.165, 1.54) is 0 Å². The van der Waals surface area contributed by atoms with E-state index in [1.807, 2.05) is 52.1 Å². The summed E-state index contributed by atoms with van der Waals surface area (Å²) in [4.78, 5) is 28.8. The summed E-state index contributed by atoms with van der Waals surface area (Å²) in [6.07, 6.45) is 3.58. The highest BCUT2D eigenvalue weighted by atomic mass is 16.2. The molecule has 146 valence electrons. The Morgan fingerprint density at radius 1 is 1.11 bits per heavy atom. The number of aryl methyl sites for hydroxylation is 1. The minimum Gasteiger partial charge on any atom is -0.339 e. The average Bonchev–Trinajstić information content (AvgIpc) is 2.66. The smallest absolute Gasteiger partial charge is 0.254 e. The van der Waals surface area contributed by atoms with Crippen molar-refractivity contribution in [2.45, 2.75) is 53.0 Å². The number of amides is 1. The van der Waals surface area contributed by atoms with E-state index in [0.717, 1.165) is 27.9 Å². The van der Waals surface area contributed by atoms with Crippen LogP contribution in [0.25, 0.3) is 22.2 Å². The number of hydrogen-bond donors (Lipinski definition) is 0. The fraction of sp³-hybridized carbons (Fsp3) is 0.391. The molecule has 0 aliphatic rings. The van der Waals surface area contributed by atoms with E-state index < -0.39 is 0 Å². The van der Waals surface area contributed by atoms with E-state index in [-0.39, 0.29) is 17.4 Å². The number of fused-ring (bicyclic) bond motifs is 1. The van der Waals surface area contributed by atoms with Crippen LogP contribution in [0.4, 0.5) is 0 Å². The lowest BCUT2D eigenvalue weighted by molar-refractivity contribution is 0.0757. The molecule has 1 amide bonds. The van der Waals surface area contributed by atoms with Gasteiger partial charge in [0.15, 0.2) is 0 Å². The van der Waals surface area contributed by atoms with E-state index in [4.69, 9.17) is 4.98 Å². The molecule has 3 aromatic rings. The van der Waals surface area contributed by atoms with Gasteiger partial charge >= 0.3 is 0 Å². The van der Waals surface area contributed by atoms with E-state index in [0.29, 0.717) is 11.3 Å². The summed E-state index contributed by atoms with van der Waals surface area (Å²) >= 11 is 0. The number of rotatable bonds is 3. The Morgan fingerprint density at radius 3 is 2.32 bits per heavy atom. The molecule has 3 rings (SSSR count). The highest BCUT2D eigenvalue weighted by molar-refractivity contribution is 6.07. The number of pyridine rings is 1. The molecule has 1 aromatic carbocycles. The molecule has 2 aromatic heterocycles. The first-order chi connectivity index (χ1) is 13.1. The first-order valence-electron chi connectivity index (χ1n) is 9.60. The van der Waals surface area contributed by atoms with Crippen molar-refractivity contribution in [2.24, 2.45) is 0 Å². The summed E-state index contributed by atoms with van der Waals surface area (Å²) in [5, 5.41) is 0.869. The standard InChI is InChI=1S/C23H28N4O/c1-14(2)27(7)21(28)18-11-19(26-20-15(3)9-8-10-17(18)20)16-12-24-22(25-13-16)23(4,5)6/h8-14H,1-7H3. The van der Waals surface area contributed by atoms with Crippen LogP contribution in [-0.4, -0.2) is 38.8 Å². The highest BCUT2D eigenvalue weighted by Gasteiger charge is 2.21. The summed E-state index contributed by atoms with van der Waals surface area (Å²) in [6, 6.07) is 7.90. The zero-order valence-corrected chi connectivity index (χ0v) is 17.7. The topological polar surface area (TPSA) is 59.0 Å². The fourth-order valence-corrected chi connectivity index (χ4v) is 2.99. The molecule has 0 unspecified atom stereocenters. The molecule has 0 radical (unpaired) electrons. The van der Waals surface area contributed by atoms with Crippen LogP contribution in [0, 0.1) is 6.92 Å². The summed E-state index contributed by atoms with van der Waals surface area (Å²) in [5.41, 5.74) is 3.92. The molecular formula is C23H28N4O. The molecule has 0 bridgehead atoms. The third-order valence-corrected chi connectivity index (χ3v) is 4.99. The normalized spacial score (nSPS) is 11.9. The predicted octanol–water partition coefficient (Wildman–Crippen LogP) is 4.78. The molecule has 0 aliphatic heterocycles. The van der Waals surface area contributed by atoms with Gasteiger partial charge in [0, 0.05) is 41.8 Å². The summed E-state index contributed by atoms with van der Waals surface area (Å²) in [7, 11) is 1.83. The minimum atomic E-state index is -0.118. The van der Waals surface area contributed by atoms with Crippen LogP contribution >= 0.6 is 0 Å². The van der Waals surface area contributed by atoms with Gasteiger partial charge < -0.3 is 4.90 Å². The average molecular weight is 377 g/mol. The minimum absolute atomic E-state index is 0.0125. The van der Waals surface area contributed by atoms with Crippen molar-refractivity contribution >= 4 is 16.8 Å². The van der Waals surface area contributed by atoms with Crippen molar-refractivity contribution < 1.29 is 4.79 Å². The highest BCUT2D eigenvalue weighted by Crippen LogP contribution is 2.28. The molecule has 0 N–H and O–H groups in total. The van der Waals surface area contributed by atoms with Gasteiger partial charge in [0.05, 0.1) is 16.8 Å². The molecule has 28 heavy (non-hydrogen) atoms. The Morgan fingerprint density at radius 2 is 1.75 bits per heavy atom. The Kier molecular flexibility index (Phi) is 5.20. The molecule has 0 atom stereocenters. The van der Waals surface area contributed by atoms with E-state index in [9.17, 15) is 4.79 Å². The first-order valence-corrected chi connectivity index (χ1v) is 9.60. The Balaban J connectivity index is 2.19. The second-order valence-corrected chi connectivity index (χ2v) is 8.58. The van der Waals surface area contributed by atoms with Crippen molar-refractivity contribution in [1.82, 2.24) is 19.9 Å². The Labute approximate surface area is 166 Å². The number of nitrogens with zero attached hydrogens (tertiary/aromatic N) is 4. The molecular weight excluding hydrogens is 348 g/mol. The third-order valence-electron chi connectivity index (χ3n) is 4.99. The zero-order chi connectivity index (χ0) is 20.6. The molecule has 0 fully saturated rings. The van der Waals surface area contributed by atoms with Crippen LogP contribution in [0.2, 0.25) is 0 Å². The Hall–Kier alpha value is -2.82. The predicted molar refractivity (Wildman–Crippen MR) is 113 cm³/mol. The maximum absolute atomic E-state index is 13.1. The second-order valence-electron chi connectivity index (χ2n) is 8.58. The van der Waals surface area contributed by atoms with Gasteiger partial charge in [0.1, 0.15) is 5.82 Å². The molecule has 0 saturated carbocycles. The van der Waals surface area contributed by atoms with Gasteiger partial charge in [-0.1, -0.05) is 39.0 Å². The number of hydrogen-bond acceptors (Lipinski definition) is 4. The van der Waals surface area contributed by atoms with Crippen molar-refractivity contribution in [1.29, 1.82) is 0 Å². The van der Waals surface area contributed by atoms with E-state index >= 15 is 0 Å². The van der Waals surface area contributed by atoms with Crippen LogP contribution in [-0.2, 0) is 5.41 Å². The van der Waals surface area contributed by atoms with Crippen molar-refractivity contribution in [3.8, 4) is 11.3 Å². The van der Waals surface area contributed by atoms with Crippen LogP contribution < -0.4 is 0 Å². The second kappa shape index (κ2) is 7.30. The number of aromatic nitrogens is 3. The van der Waals surface area contributed by atoms with Gasteiger partial charge in [-0.25, -0.2) is 15.0 Å². The molecule has 2 heterocycles. The van der Waals surface area contributed by atoms with Gasteiger partial charge in [-0.05, 0) is 32.4 Å². The van der Waals surface area contributed by atoms with Gasteiger partial charge in [0.2, 0.25) is 0 Å². The lowest BCUT2D eigenvalue weighted by Gasteiger charge is -2.23. The third kappa shape index (κ3) is 3.75. The molecule has 0 spiro atoms. The number of carbonyl (C=O) groups excluding carboxylic acids is 1. The quantitative estimate of drug-likeness (QED) is 0.660. The van der Waals surface area contributed by atoms with Gasteiger partial charge in [-0.15, -0.1) is 0 Å². The maximum Gasteiger partial charge on any atom is 0.254 e. The molecule has 0 saturated heterocycles. The summed E-state index contributed by atoms with van der Waals surface area (Å²) < 4.78 is 0. The van der Waals surface area contributed by atoms with Crippen LogP contribution in [0.15, 0.2) is 36.7 Å². The molecule has 5 heteroatoms. The van der Waals surface area contributed by atoms with Gasteiger partial charge in [-0.2, -0.15) is 0 Å². The molecule has 0 aliphatic carbocycles. The van der Waals surface area contributed by atoms with Crippen molar-refractivity contribution in [3.63, 3.8) is 0 Å². The monoisotopic (exact) mass is 376 g/mol.